The lowest BCUT2D eigenvalue weighted by molar-refractivity contribution is 0.415. The molecule has 0 unspecified atom stereocenters. The third-order valence-corrected chi connectivity index (χ3v) is 3.99. The molecule has 4 heteroatoms. The van der Waals surface area contributed by atoms with Crippen molar-refractivity contribution in [1.29, 1.82) is 0 Å². The van der Waals surface area contributed by atoms with E-state index in [2.05, 4.69) is 9.98 Å². The van der Waals surface area contributed by atoms with Gasteiger partial charge in [-0.3, -0.25) is 0 Å². The van der Waals surface area contributed by atoms with Crippen molar-refractivity contribution >= 4 is 28.8 Å². The first-order valence-corrected chi connectivity index (χ1v) is 8.09. The van der Waals surface area contributed by atoms with E-state index in [0.717, 1.165) is 27.7 Å². The number of nitrogens with zero attached hydrogens (tertiary/aromatic N) is 2. The molecule has 0 radical (unpaired) electrons. The first-order valence-electron chi connectivity index (χ1n) is 7.21. The topological polar surface area (TPSA) is 34.5 Å². The molecule has 1 aromatic heterocycles. The Morgan fingerprint density at radius 1 is 1.04 bits per heavy atom. The average molecular weight is 320 g/mol. The van der Waals surface area contributed by atoms with Crippen molar-refractivity contribution in [2.75, 3.05) is 7.11 Å². The van der Waals surface area contributed by atoms with Crippen LogP contribution in [0.4, 0.5) is 5.13 Å². The lowest BCUT2D eigenvalue weighted by Crippen LogP contribution is -1.81. The van der Waals surface area contributed by atoms with Gasteiger partial charge in [0.2, 0.25) is 5.13 Å². The van der Waals surface area contributed by atoms with Gasteiger partial charge in [-0.15, -0.1) is 11.3 Å². The average Bonchev–Trinajstić information content (AvgIpc) is 3.09. The van der Waals surface area contributed by atoms with E-state index < -0.39 is 0 Å². The Balaban J connectivity index is 1.64. The summed E-state index contributed by atoms with van der Waals surface area (Å²) in [5.41, 5.74) is 3.17. The van der Waals surface area contributed by atoms with Crippen molar-refractivity contribution in [2.45, 2.75) is 0 Å². The van der Waals surface area contributed by atoms with E-state index >= 15 is 0 Å². The van der Waals surface area contributed by atoms with Crippen LogP contribution in [0.1, 0.15) is 5.56 Å². The number of aromatic nitrogens is 1. The molecule has 0 atom stereocenters. The molecule has 114 valence electrons. The summed E-state index contributed by atoms with van der Waals surface area (Å²) in [6.45, 7) is 0. The van der Waals surface area contributed by atoms with Crippen LogP contribution >= 0.6 is 11.3 Å². The molecule has 23 heavy (non-hydrogen) atoms. The van der Waals surface area contributed by atoms with Gasteiger partial charge in [-0.25, -0.2) is 9.98 Å². The van der Waals surface area contributed by atoms with Crippen molar-refractivity contribution in [3.8, 4) is 17.0 Å². The molecule has 3 rings (SSSR count). The SMILES string of the molecule is COc1ccc(/C=C/C=Nc2nc(-c3ccccc3)cs2)cc1. The quantitative estimate of drug-likeness (QED) is 0.603. The lowest BCUT2D eigenvalue weighted by Gasteiger charge is -1.98. The second-order valence-corrected chi connectivity index (χ2v) is 5.63. The number of thiazole rings is 1. The van der Waals surface area contributed by atoms with E-state index in [4.69, 9.17) is 4.74 Å². The summed E-state index contributed by atoms with van der Waals surface area (Å²) < 4.78 is 5.13. The van der Waals surface area contributed by atoms with Crippen LogP contribution < -0.4 is 4.74 Å². The summed E-state index contributed by atoms with van der Waals surface area (Å²) in [6.07, 6.45) is 5.66. The molecule has 0 aliphatic carbocycles. The molecule has 1 heterocycles. The highest BCUT2D eigenvalue weighted by Crippen LogP contribution is 2.26. The Labute approximate surface area is 139 Å². The van der Waals surface area contributed by atoms with E-state index in [9.17, 15) is 0 Å². The Hall–Kier alpha value is -2.72. The maximum absolute atomic E-state index is 5.13. The van der Waals surface area contributed by atoms with Gasteiger partial charge in [0.1, 0.15) is 5.75 Å². The Morgan fingerprint density at radius 3 is 2.57 bits per heavy atom. The minimum absolute atomic E-state index is 0.753. The highest BCUT2D eigenvalue weighted by atomic mass is 32.1. The normalized spacial score (nSPS) is 11.3. The molecule has 0 saturated carbocycles. The Bertz CT molecular complexity index is 805. The number of ether oxygens (including phenoxy) is 1. The van der Waals surface area contributed by atoms with Gasteiger partial charge in [0.05, 0.1) is 12.8 Å². The summed E-state index contributed by atoms with van der Waals surface area (Å²) in [5.74, 6) is 0.854. The van der Waals surface area contributed by atoms with Gasteiger partial charge in [0, 0.05) is 17.2 Å². The zero-order valence-corrected chi connectivity index (χ0v) is 13.5. The highest BCUT2D eigenvalue weighted by Gasteiger charge is 2.01. The molecule has 3 nitrogen and oxygen atoms in total. The highest BCUT2D eigenvalue weighted by molar-refractivity contribution is 7.13. The Morgan fingerprint density at radius 2 is 1.83 bits per heavy atom. The summed E-state index contributed by atoms with van der Waals surface area (Å²) in [5, 5.41) is 2.78. The summed E-state index contributed by atoms with van der Waals surface area (Å²) in [4.78, 5) is 8.89. The molecule has 0 aliphatic heterocycles. The van der Waals surface area contributed by atoms with E-state index in [1.165, 1.54) is 11.3 Å². The molecule has 0 fully saturated rings. The predicted molar refractivity (Wildman–Crippen MR) is 97.7 cm³/mol. The number of aliphatic imine (C=N–C) groups is 1. The first kappa shape index (κ1) is 15.2. The monoisotopic (exact) mass is 320 g/mol. The number of methoxy groups -OCH3 is 1. The van der Waals surface area contributed by atoms with Crippen molar-refractivity contribution in [3.05, 3.63) is 71.6 Å². The minimum atomic E-state index is 0.753. The molecule has 3 aromatic rings. The molecular formula is C19H16N2OS. The van der Waals surface area contributed by atoms with Gasteiger partial charge in [0.15, 0.2) is 0 Å². The van der Waals surface area contributed by atoms with Crippen LogP contribution in [0.25, 0.3) is 17.3 Å². The van der Waals surface area contributed by atoms with E-state index in [0.29, 0.717) is 0 Å². The van der Waals surface area contributed by atoms with Crippen molar-refractivity contribution in [2.24, 2.45) is 4.99 Å². The largest absolute Gasteiger partial charge is 0.497 e. The van der Waals surface area contributed by atoms with Gasteiger partial charge >= 0.3 is 0 Å². The zero-order valence-electron chi connectivity index (χ0n) is 12.7. The van der Waals surface area contributed by atoms with Gasteiger partial charge < -0.3 is 4.74 Å². The van der Waals surface area contributed by atoms with E-state index in [1.54, 1.807) is 13.3 Å². The van der Waals surface area contributed by atoms with Crippen LogP contribution in [0.3, 0.4) is 0 Å². The molecule has 0 amide bonds. The molecule has 0 saturated heterocycles. The fourth-order valence-corrected chi connectivity index (χ4v) is 2.72. The molecule has 2 aromatic carbocycles. The van der Waals surface area contributed by atoms with Crippen LogP contribution in [0.15, 0.2) is 71.0 Å². The van der Waals surface area contributed by atoms with Crippen LogP contribution in [-0.2, 0) is 0 Å². The van der Waals surface area contributed by atoms with Gasteiger partial charge in [-0.2, -0.15) is 0 Å². The summed E-state index contributed by atoms with van der Waals surface area (Å²) in [7, 11) is 1.66. The second-order valence-electron chi connectivity index (χ2n) is 4.79. The number of benzene rings is 2. The molecule has 0 N–H and O–H groups in total. The standard InChI is InChI=1S/C19H16N2OS/c1-22-17-11-9-15(10-12-17)6-5-13-20-19-21-18(14-23-19)16-7-3-2-4-8-16/h2-14H,1H3/b6-5+,20-13?. The van der Waals surface area contributed by atoms with Crippen molar-refractivity contribution in [1.82, 2.24) is 4.98 Å². The fourth-order valence-electron chi connectivity index (χ4n) is 2.04. The molecular weight excluding hydrogens is 304 g/mol. The third kappa shape index (κ3) is 4.14. The Kier molecular flexibility index (Phi) is 4.96. The van der Waals surface area contributed by atoms with E-state index in [-0.39, 0.29) is 0 Å². The van der Waals surface area contributed by atoms with Gasteiger partial charge in [-0.1, -0.05) is 48.5 Å². The van der Waals surface area contributed by atoms with Crippen LogP contribution in [0.2, 0.25) is 0 Å². The fraction of sp³-hybridized carbons (Fsp3) is 0.0526. The zero-order chi connectivity index (χ0) is 15.9. The van der Waals surface area contributed by atoms with Crippen molar-refractivity contribution < 1.29 is 4.74 Å². The summed E-state index contributed by atoms with van der Waals surface area (Å²) in [6, 6.07) is 18.0. The number of hydrogen-bond donors (Lipinski definition) is 0. The summed E-state index contributed by atoms with van der Waals surface area (Å²) >= 11 is 1.54. The predicted octanol–water partition coefficient (Wildman–Crippen LogP) is 5.23. The minimum Gasteiger partial charge on any atom is -0.497 e. The molecule has 0 aliphatic rings. The second kappa shape index (κ2) is 7.51. The maximum Gasteiger partial charge on any atom is 0.209 e. The van der Waals surface area contributed by atoms with Crippen molar-refractivity contribution in [3.63, 3.8) is 0 Å². The number of allylic oxidation sites excluding steroid dienone is 1. The van der Waals surface area contributed by atoms with Crippen LogP contribution in [0.5, 0.6) is 5.75 Å². The molecule has 0 spiro atoms. The van der Waals surface area contributed by atoms with E-state index in [1.807, 2.05) is 72.1 Å². The van der Waals surface area contributed by atoms with Crippen LogP contribution in [-0.4, -0.2) is 18.3 Å². The van der Waals surface area contributed by atoms with Gasteiger partial charge in [-0.05, 0) is 23.8 Å². The lowest BCUT2D eigenvalue weighted by atomic mass is 10.2. The van der Waals surface area contributed by atoms with Crippen LogP contribution in [0, 0.1) is 0 Å². The maximum atomic E-state index is 5.13. The number of hydrogen-bond acceptors (Lipinski definition) is 4. The smallest absolute Gasteiger partial charge is 0.209 e. The molecule has 0 bridgehead atoms. The number of rotatable bonds is 5. The third-order valence-electron chi connectivity index (χ3n) is 3.24. The van der Waals surface area contributed by atoms with Gasteiger partial charge in [0.25, 0.3) is 0 Å². The first-order chi connectivity index (χ1) is 11.3.